The Morgan fingerprint density at radius 2 is 2.03 bits per heavy atom. The predicted molar refractivity (Wildman–Crippen MR) is 102 cm³/mol. The van der Waals surface area contributed by atoms with Crippen molar-refractivity contribution in [1.82, 2.24) is 24.7 Å². The molecule has 0 bridgehead atoms. The quantitative estimate of drug-likeness (QED) is 0.559. The van der Waals surface area contributed by atoms with Gasteiger partial charge in [-0.05, 0) is 32.0 Å². The number of fused-ring (bicyclic) bond motifs is 1. The maximum atomic E-state index is 14.1. The molecule has 4 heterocycles. The zero-order valence-corrected chi connectivity index (χ0v) is 16.0. The molecule has 0 radical (unpaired) electrons. The SMILES string of the molecule is CC(O)(c1cn2c(-c3cccc(NC4CNCCC4F)n3)cnc2cn1)C(F)(F)F. The normalized spacial score (nSPS) is 22.1. The van der Waals surface area contributed by atoms with Crippen LogP contribution in [0.2, 0.25) is 0 Å². The second kappa shape index (κ2) is 7.47. The van der Waals surface area contributed by atoms with Gasteiger partial charge in [-0.3, -0.25) is 9.38 Å². The Morgan fingerprint density at radius 3 is 2.77 bits per heavy atom. The number of anilines is 1. The van der Waals surface area contributed by atoms with E-state index in [2.05, 4.69) is 25.6 Å². The lowest BCUT2D eigenvalue weighted by Crippen LogP contribution is -2.46. The van der Waals surface area contributed by atoms with Gasteiger partial charge in [0.2, 0.25) is 5.60 Å². The van der Waals surface area contributed by atoms with Gasteiger partial charge in [0.25, 0.3) is 0 Å². The fourth-order valence-corrected chi connectivity index (χ4v) is 3.29. The fraction of sp³-hybridized carbons (Fsp3) is 0.421. The summed E-state index contributed by atoms with van der Waals surface area (Å²) in [7, 11) is 0. The smallest absolute Gasteiger partial charge is 0.375 e. The van der Waals surface area contributed by atoms with Crippen LogP contribution in [-0.2, 0) is 5.60 Å². The third-order valence-corrected chi connectivity index (χ3v) is 5.19. The second-order valence-electron chi connectivity index (χ2n) is 7.38. The number of hydrogen-bond acceptors (Lipinski definition) is 6. The van der Waals surface area contributed by atoms with Crippen molar-refractivity contribution in [3.05, 3.63) is 42.5 Å². The average molecular weight is 424 g/mol. The van der Waals surface area contributed by atoms with Crippen molar-refractivity contribution in [2.75, 3.05) is 18.4 Å². The van der Waals surface area contributed by atoms with Crippen LogP contribution < -0.4 is 10.6 Å². The molecule has 0 saturated carbocycles. The van der Waals surface area contributed by atoms with E-state index in [1.54, 1.807) is 18.2 Å². The first-order valence-electron chi connectivity index (χ1n) is 9.38. The Hall–Kier alpha value is -2.79. The summed E-state index contributed by atoms with van der Waals surface area (Å²) in [4.78, 5) is 12.3. The number of alkyl halides is 4. The van der Waals surface area contributed by atoms with Crippen LogP contribution in [0.5, 0.6) is 0 Å². The van der Waals surface area contributed by atoms with E-state index in [-0.39, 0.29) is 0 Å². The highest BCUT2D eigenvalue weighted by Gasteiger charge is 2.52. The van der Waals surface area contributed by atoms with Crippen molar-refractivity contribution in [1.29, 1.82) is 0 Å². The summed E-state index contributed by atoms with van der Waals surface area (Å²) in [6.07, 6.45) is -1.80. The lowest BCUT2D eigenvalue weighted by atomic mass is 10.0. The lowest BCUT2D eigenvalue weighted by molar-refractivity contribution is -0.260. The van der Waals surface area contributed by atoms with Crippen LogP contribution in [0, 0.1) is 0 Å². The first-order valence-corrected chi connectivity index (χ1v) is 9.38. The fourth-order valence-electron chi connectivity index (χ4n) is 3.29. The molecular weight excluding hydrogens is 404 g/mol. The standard InChI is InChI=1S/C19H20F4N6O/c1-18(30,19(21,22)23)15-10-29-14(8-26-17(29)9-25-15)12-3-2-4-16(27-12)28-13-7-24-6-5-11(13)20/h2-4,8-11,13,24,30H,5-7H2,1H3,(H,27,28). The van der Waals surface area contributed by atoms with Gasteiger partial charge in [0.1, 0.15) is 12.0 Å². The van der Waals surface area contributed by atoms with Crippen molar-refractivity contribution in [2.45, 2.75) is 37.3 Å². The predicted octanol–water partition coefficient (Wildman–Crippen LogP) is 2.67. The molecule has 0 aliphatic carbocycles. The lowest BCUT2D eigenvalue weighted by Gasteiger charge is -2.28. The summed E-state index contributed by atoms with van der Waals surface area (Å²) < 4.78 is 55.1. The van der Waals surface area contributed by atoms with Gasteiger partial charge in [0.15, 0.2) is 5.65 Å². The summed E-state index contributed by atoms with van der Waals surface area (Å²) in [6.45, 7) is 1.73. The van der Waals surface area contributed by atoms with E-state index in [1.807, 2.05) is 0 Å². The minimum absolute atomic E-state index is 0.298. The van der Waals surface area contributed by atoms with E-state index >= 15 is 0 Å². The van der Waals surface area contributed by atoms with Gasteiger partial charge in [0, 0.05) is 12.7 Å². The Labute approximate surface area is 169 Å². The van der Waals surface area contributed by atoms with E-state index in [0.29, 0.717) is 49.3 Å². The number of aliphatic hydroxyl groups is 1. The molecule has 1 aliphatic rings. The number of nitrogens with one attached hydrogen (secondary N) is 2. The van der Waals surface area contributed by atoms with E-state index in [9.17, 15) is 22.7 Å². The van der Waals surface area contributed by atoms with Crippen molar-refractivity contribution >= 4 is 11.5 Å². The van der Waals surface area contributed by atoms with Gasteiger partial charge in [-0.1, -0.05) is 6.07 Å². The second-order valence-corrected chi connectivity index (χ2v) is 7.38. The molecule has 4 rings (SSSR count). The van der Waals surface area contributed by atoms with Crippen LogP contribution in [0.15, 0.2) is 36.8 Å². The van der Waals surface area contributed by atoms with Gasteiger partial charge >= 0.3 is 6.18 Å². The Kier molecular flexibility index (Phi) is 5.10. The zero-order valence-electron chi connectivity index (χ0n) is 16.0. The number of hydrogen-bond donors (Lipinski definition) is 3. The molecular formula is C19H20F4N6O. The molecule has 0 amide bonds. The Morgan fingerprint density at radius 1 is 1.23 bits per heavy atom. The van der Waals surface area contributed by atoms with Crippen LogP contribution in [0.3, 0.4) is 0 Å². The van der Waals surface area contributed by atoms with Crippen molar-refractivity contribution < 1.29 is 22.7 Å². The Bertz CT molecular complexity index is 1050. The number of halogens is 4. The highest BCUT2D eigenvalue weighted by Crippen LogP contribution is 2.37. The highest BCUT2D eigenvalue weighted by atomic mass is 19.4. The number of pyridine rings is 1. The molecule has 7 nitrogen and oxygen atoms in total. The highest BCUT2D eigenvalue weighted by molar-refractivity contribution is 5.61. The molecule has 3 aromatic heterocycles. The summed E-state index contributed by atoms with van der Waals surface area (Å²) in [5, 5.41) is 16.1. The number of aromatic nitrogens is 4. The van der Waals surface area contributed by atoms with Crippen LogP contribution in [-0.4, -0.2) is 55.9 Å². The Balaban J connectivity index is 1.69. The summed E-state index contributed by atoms with van der Waals surface area (Å²) in [6, 6.07) is 4.64. The first kappa shape index (κ1) is 20.5. The summed E-state index contributed by atoms with van der Waals surface area (Å²) in [5.41, 5.74) is -2.55. The summed E-state index contributed by atoms with van der Waals surface area (Å²) >= 11 is 0. The van der Waals surface area contributed by atoms with Crippen LogP contribution in [0.25, 0.3) is 17.0 Å². The van der Waals surface area contributed by atoms with Crippen molar-refractivity contribution in [2.24, 2.45) is 0 Å². The van der Waals surface area contributed by atoms with Gasteiger partial charge in [0.05, 0.1) is 35.5 Å². The maximum absolute atomic E-state index is 14.1. The van der Waals surface area contributed by atoms with Gasteiger partial charge < -0.3 is 15.7 Å². The van der Waals surface area contributed by atoms with Crippen molar-refractivity contribution in [3.8, 4) is 11.4 Å². The first-order chi connectivity index (χ1) is 14.2. The topological polar surface area (TPSA) is 87.4 Å². The molecule has 0 aromatic carbocycles. The molecule has 3 atom stereocenters. The van der Waals surface area contributed by atoms with Gasteiger partial charge in [-0.2, -0.15) is 13.2 Å². The molecule has 3 aromatic rings. The van der Waals surface area contributed by atoms with E-state index in [4.69, 9.17) is 0 Å². The molecule has 1 fully saturated rings. The number of imidazole rings is 1. The van der Waals surface area contributed by atoms with E-state index in [1.165, 1.54) is 10.6 Å². The third-order valence-electron chi connectivity index (χ3n) is 5.19. The minimum Gasteiger partial charge on any atom is -0.375 e. The summed E-state index contributed by atoms with van der Waals surface area (Å²) in [5.74, 6) is 0.440. The van der Waals surface area contributed by atoms with Crippen LogP contribution in [0.4, 0.5) is 23.4 Å². The van der Waals surface area contributed by atoms with Crippen LogP contribution >= 0.6 is 0 Å². The maximum Gasteiger partial charge on any atom is 0.422 e. The molecule has 0 spiro atoms. The van der Waals surface area contributed by atoms with Crippen molar-refractivity contribution in [3.63, 3.8) is 0 Å². The van der Waals surface area contributed by atoms with E-state index in [0.717, 1.165) is 12.4 Å². The van der Waals surface area contributed by atoms with E-state index < -0.39 is 29.7 Å². The monoisotopic (exact) mass is 424 g/mol. The molecule has 1 saturated heterocycles. The van der Waals surface area contributed by atoms with Crippen LogP contribution in [0.1, 0.15) is 19.0 Å². The molecule has 11 heteroatoms. The number of nitrogens with zero attached hydrogens (tertiary/aromatic N) is 4. The molecule has 1 aliphatic heterocycles. The molecule has 3 N–H and O–H groups in total. The zero-order chi connectivity index (χ0) is 21.5. The minimum atomic E-state index is -4.90. The number of piperidine rings is 1. The largest absolute Gasteiger partial charge is 0.422 e. The molecule has 30 heavy (non-hydrogen) atoms. The third kappa shape index (κ3) is 3.70. The molecule has 3 unspecified atom stereocenters. The molecule has 160 valence electrons. The number of rotatable bonds is 4. The average Bonchev–Trinajstić information content (AvgIpc) is 3.12. The van der Waals surface area contributed by atoms with Gasteiger partial charge in [-0.15, -0.1) is 0 Å². The van der Waals surface area contributed by atoms with Gasteiger partial charge in [-0.25, -0.2) is 14.4 Å².